The first kappa shape index (κ1) is 20.4. The Morgan fingerprint density at radius 1 is 0.793 bits per heavy atom. The highest BCUT2D eigenvalue weighted by molar-refractivity contribution is 6.06. The van der Waals surface area contributed by atoms with Crippen molar-refractivity contribution in [3.05, 3.63) is 90.0 Å². The van der Waals surface area contributed by atoms with Crippen molar-refractivity contribution in [1.82, 2.24) is 0 Å². The van der Waals surface area contributed by atoms with E-state index >= 15 is 0 Å². The van der Waals surface area contributed by atoms with Gasteiger partial charge in [0, 0.05) is 6.61 Å². The Kier molecular flexibility index (Phi) is 7.66. The molecular formula is C24H25NO4. The molecule has 3 rings (SSSR count). The van der Waals surface area contributed by atoms with Crippen molar-refractivity contribution in [3.63, 3.8) is 0 Å². The van der Waals surface area contributed by atoms with Crippen molar-refractivity contribution in [1.29, 1.82) is 0 Å². The van der Waals surface area contributed by atoms with E-state index < -0.39 is 0 Å². The Labute approximate surface area is 171 Å². The van der Waals surface area contributed by atoms with Gasteiger partial charge in [0.25, 0.3) is 5.91 Å². The molecule has 0 spiro atoms. The zero-order valence-corrected chi connectivity index (χ0v) is 16.5. The van der Waals surface area contributed by atoms with Crippen molar-refractivity contribution >= 4 is 11.6 Å². The Balaban J connectivity index is 1.68. The van der Waals surface area contributed by atoms with Gasteiger partial charge in [-0.15, -0.1) is 0 Å². The number of para-hydroxylation sites is 3. The second-order valence-electron chi connectivity index (χ2n) is 6.27. The molecule has 0 atom stereocenters. The third kappa shape index (κ3) is 6.09. The van der Waals surface area contributed by atoms with Gasteiger partial charge in [-0.2, -0.15) is 0 Å². The summed E-state index contributed by atoms with van der Waals surface area (Å²) in [6.45, 7) is 3.84. The van der Waals surface area contributed by atoms with Crippen LogP contribution in [0.5, 0.6) is 11.5 Å². The average molecular weight is 391 g/mol. The lowest BCUT2D eigenvalue weighted by Crippen LogP contribution is -2.15. The fourth-order valence-corrected chi connectivity index (χ4v) is 2.76. The first-order valence-corrected chi connectivity index (χ1v) is 9.64. The maximum atomic E-state index is 12.9. The van der Waals surface area contributed by atoms with Crippen LogP contribution >= 0.6 is 0 Å². The highest BCUT2D eigenvalue weighted by Gasteiger charge is 2.14. The van der Waals surface area contributed by atoms with Gasteiger partial charge in [-0.3, -0.25) is 4.79 Å². The Morgan fingerprint density at radius 3 is 2.28 bits per heavy atom. The van der Waals surface area contributed by atoms with Crippen LogP contribution in [0.3, 0.4) is 0 Å². The number of benzene rings is 3. The van der Waals surface area contributed by atoms with E-state index in [1.807, 2.05) is 73.7 Å². The van der Waals surface area contributed by atoms with Crippen molar-refractivity contribution in [2.24, 2.45) is 0 Å². The average Bonchev–Trinajstić information content (AvgIpc) is 2.77. The van der Waals surface area contributed by atoms with Crippen LogP contribution in [0, 0.1) is 0 Å². The standard InChI is InChI=1S/C24H25NO4/c1-2-27-16-17-28-22-14-8-6-12-20(22)24(26)25-21-13-7-9-15-23(21)29-18-19-10-4-3-5-11-19/h3-15H,2,16-18H2,1H3,(H,25,26). The van der Waals surface area contributed by atoms with Crippen LogP contribution in [-0.2, 0) is 11.3 Å². The molecule has 29 heavy (non-hydrogen) atoms. The summed E-state index contributed by atoms with van der Waals surface area (Å²) in [4.78, 5) is 12.9. The van der Waals surface area contributed by atoms with Gasteiger partial charge in [-0.1, -0.05) is 54.6 Å². The summed E-state index contributed by atoms with van der Waals surface area (Å²) in [5.41, 5.74) is 2.13. The van der Waals surface area contributed by atoms with E-state index in [4.69, 9.17) is 14.2 Å². The predicted molar refractivity (Wildman–Crippen MR) is 114 cm³/mol. The summed E-state index contributed by atoms with van der Waals surface area (Å²) in [6, 6.07) is 24.4. The summed E-state index contributed by atoms with van der Waals surface area (Å²) >= 11 is 0. The highest BCUT2D eigenvalue weighted by Crippen LogP contribution is 2.27. The Hall–Kier alpha value is -3.31. The van der Waals surface area contributed by atoms with Crippen LogP contribution in [0.4, 0.5) is 5.69 Å². The van der Waals surface area contributed by atoms with E-state index in [0.717, 1.165) is 5.56 Å². The van der Waals surface area contributed by atoms with Crippen molar-refractivity contribution in [3.8, 4) is 11.5 Å². The number of carbonyl (C=O) groups is 1. The van der Waals surface area contributed by atoms with Crippen LogP contribution in [0.1, 0.15) is 22.8 Å². The van der Waals surface area contributed by atoms with Crippen LogP contribution in [-0.4, -0.2) is 25.7 Å². The summed E-state index contributed by atoms with van der Waals surface area (Å²) in [5.74, 6) is 0.875. The normalized spacial score (nSPS) is 10.4. The number of hydrogen-bond donors (Lipinski definition) is 1. The molecule has 0 saturated carbocycles. The SMILES string of the molecule is CCOCCOc1ccccc1C(=O)Nc1ccccc1OCc1ccccc1. The molecule has 0 aliphatic carbocycles. The predicted octanol–water partition coefficient (Wildman–Crippen LogP) is 4.93. The second-order valence-corrected chi connectivity index (χ2v) is 6.27. The summed E-state index contributed by atoms with van der Waals surface area (Å²) in [7, 11) is 0. The quantitative estimate of drug-likeness (QED) is 0.498. The molecule has 0 aromatic heterocycles. The van der Waals surface area contributed by atoms with Crippen molar-refractivity contribution in [2.45, 2.75) is 13.5 Å². The molecule has 1 N–H and O–H groups in total. The summed E-state index contributed by atoms with van der Waals surface area (Å²) < 4.78 is 16.9. The van der Waals surface area contributed by atoms with Gasteiger partial charge in [0.05, 0.1) is 17.9 Å². The van der Waals surface area contributed by atoms with Crippen LogP contribution < -0.4 is 14.8 Å². The van der Waals surface area contributed by atoms with Gasteiger partial charge < -0.3 is 19.5 Å². The minimum atomic E-state index is -0.257. The Morgan fingerprint density at radius 2 is 1.48 bits per heavy atom. The number of carbonyl (C=O) groups excluding carboxylic acids is 1. The first-order chi connectivity index (χ1) is 14.3. The lowest BCUT2D eigenvalue weighted by molar-refractivity contribution is 0.0997. The highest BCUT2D eigenvalue weighted by atomic mass is 16.5. The summed E-state index contributed by atoms with van der Waals surface area (Å²) in [5, 5.41) is 2.93. The molecule has 5 heteroatoms. The zero-order valence-electron chi connectivity index (χ0n) is 16.5. The smallest absolute Gasteiger partial charge is 0.259 e. The number of rotatable bonds is 10. The molecule has 5 nitrogen and oxygen atoms in total. The van der Waals surface area contributed by atoms with E-state index in [2.05, 4.69) is 5.32 Å². The molecule has 1 amide bonds. The molecule has 0 radical (unpaired) electrons. The topological polar surface area (TPSA) is 56.8 Å². The third-order valence-electron chi connectivity index (χ3n) is 4.19. The third-order valence-corrected chi connectivity index (χ3v) is 4.19. The fourth-order valence-electron chi connectivity index (χ4n) is 2.76. The molecule has 0 fully saturated rings. The minimum Gasteiger partial charge on any atom is -0.490 e. The van der Waals surface area contributed by atoms with Gasteiger partial charge in [-0.05, 0) is 36.8 Å². The molecule has 0 heterocycles. The van der Waals surface area contributed by atoms with Crippen molar-refractivity contribution < 1.29 is 19.0 Å². The van der Waals surface area contributed by atoms with E-state index in [1.54, 1.807) is 12.1 Å². The van der Waals surface area contributed by atoms with Crippen LogP contribution in [0.15, 0.2) is 78.9 Å². The number of nitrogens with one attached hydrogen (secondary N) is 1. The van der Waals surface area contributed by atoms with Gasteiger partial charge >= 0.3 is 0 Å². The molecule has 0 saturated heterocycles. The fraction of sp³-hybridized carbons (Fsp3) is 0.208. The van der Waals surface area contributed by atoms with Gasteiger partial charge in [-0.25, -0.2) is 0 Å². The van der Waals surface area contributed by atoms with E-state index in [-0.39, 0.29) is 5.91 Å². The lowest BCUT2D eigenvalue weighted by Gasteiger charge is -2.14. The molecule has 0 aliphatic rings. The molecule has 0 aliphatic heterocycles. The minimum absolute atomic E-state index is 0.257. The molecule has 0 unspecified atom stereocenters. The second kappa shape index (κ2) is 10.9. The molecule has 3 aromatic carbocycles. The largest absolute Gasteiger partial charge is 0.490 e. The first-order valence-electron chi connectivity index (χ1n) is 9.64. The number of ether oxygens (including phenoxy) is 3. The van der Waals surface area contributed by atoms with Crippen molar-refractivity contribution in [2.75, 3.05) is 25.1 Å². The lowest BCUT2D eigenvalue weighted by atomic mass is 10.1. The van der Waals surface area contributed by atoms with E-state index in [0.29, 0.717) is 49.2 Å². The molecular weight excluding hydrogens is 366 g/mol. The number of hydrogen-bond acceptors (Lipinski definition) is 4. The zero-order chi connectivity index (χ0) is 20.3. The maximum Gasteiger partial charge on any atom is 0.259 e. The Bertz CT molecular complexity index is 912. The summed E-state index contributed by atoms with van der Waals surface area (Å²) in [6.07, 6.45) is 0. The van der Waals surface area contributed by atoms with Gasteiger partial charge in [0.2, 0.25) is 0 Å². The molecule has 150 valence electrons. The van der Waals surface area contributed by atoms with Gasteiger partial charge in [0.1, 0.15) is 24.7 Å². The van der Waals surface area contributed by atoms with Crippen LogP contribution in [0.2, 0.25) is 0 Å². The molecule has 3 aromatic rings. The monoisotopic (exact) mass is 391 g/mol. The van der Waals surface area contributed by atoms with Gasteiger partial charge in [0.15, 0.2) is 0 Å². The number of anilines is 1. The van der Waals surface area contributed by atoms with E-state index in [1.165, 1.54) is 0 Å². The van der Waals surface area contributed by atoms with E-state index in [9.17, 15) is 4.79 Å². The molecule has 0 bridgehead atoms. The maximum absolute atomic E-state index is 12.9. The van der Waals surface area contributed by atoms with Crippen LogP contribution in [0.25, 0.3) is 0 Å². The number of amides is 1.